The first kappa shape index (κ1) is 12.8. The van der Waals surface area contributed by atoms with Gasteiger partial charge in [0.2, 0.25) is 5.88 Å². The van der Waals surface area contributed by atoms with Crippen LogP contribution in [0.2, 0.25) is 0 Å². The van der Waals surface area contributed by atoms with Crippen LogP contribution >= 0.6 is 0 Å². The first-order chi connectivity index (χ1) is 9.63. The zero-order valence-electron chi connectivity index (χ0n) is 11.8. The zero-order chi connectivity index (χ0) is 14.1. The molecule has 0 aliphatic carbocycles. The molecule has 0 saturated carbocycles. The number of hydrogen-bond acceptors (Lipinski definition) is 5. The van der Waals surface area contributed by atoms with Gasteiger partial charge in [0.25, 0.3) is 0 Å². The summed E-state index contributed by atoms with van der Waals surface area (Å²) in [5, 5.41) is 0. The van der Waals surface area contributed by atoms with Crippen LogP contribution in [0.4, 0.5) is 11.5 Å². The molecule has 0 aromatic carbocycles. The predicted octanol–water partition coefficient (Wildman–Crippen LogP) is 1.67. The van der Waals surface area contributed by atoms with E-state index in [4.69, 9.17) is 10.5 Å². The summed E-state index contributed by atoms with van der Waals surface area (Å²) in [6, 6.07) is 3.78. The fourth-order valence-corrected chi connectivity index (χ4v) is 2.30. The van der Waals surface area contributed by atoms with Crippen LogP contribution in [0.15, 0.2) is 24.5 Å². The van der Waals surface area contributed by atoms with Crippen molar-refractivity contribution in [3.8, 4) is 5.88 Å². The summed E-state index contributed by atoms with van der Waals surface area (Å²) >= 11 is 0. The van der Waals surface area contributed by atoms with Crippen LogP contribution in [0.3, 0.4) is 0 Å². The lowest BCUT2D eigenvalue weighted by Crippen LogP contribution is -2.34. The summed E-state index contributed by atoms with van der Waals surface area (Å²) in [5.41, 5.74) is 6.48. The number of pyridine rings is 1. The maximum absolute atomic E-state index is 5.90. The first-order valence-corrected chi connectivity index (χ1v) is 6.81. The van der Waals surface area contributed by atoms with E-state index in [0.717, 1.165) is 31.3 Å². The molecule has 0 fully saturated rings. The number of rotatable bonds is 3. The van der Waals surface area contributed by atoms with E-state index in [1.54, 1.807) is 0 Å². The van der Waals surface area contributed by atoms with E-state index in [1.807, 2.05) is 38.4 Å². The van der Waals surface area contributed by atoms with E-state index < -0.39 is 0 Å². The number of nitrogens with zero attached hydrogens (tertiary/aromatic N) is 4. The second-order valence-electron chi connectivity index (χ2n) is 5.19. The molecule has 2 N–H and O–H groups in total. The van der Waals surface area contributed by atoms with Crippen molar-refractivity contribution in [2.24, 2.45) is 0 Å². The quantitative estimate of drug-likeness (QED) is 0.921. The molecule has 0 radical (unpaired) electrons. The van der Waals surface area contributed by atoms with E-state index in [9.17, 15) is 0 Å². The van der Waals surface area contributed by atoms with Crippen molar-refractivity contribution in [3.05, 3.63) is 30.4 Å². The Bertz CT molecular complexity index is 607. The molecular weight excluding hydrogens is 254 g/mol. The molecule has 0 bridgehead atoms. The van der Waals surface area contributed by atoms with Gasteiger partial charge >= 0.3 is 0 Å². The molecule has 3 heterocycles. The first-order valence-electron chi connectivity index (χ1n) is 6.81. The number of aromatic nitrogens is 3. The third kappa shape index (κ3) is 2.41. The normalized spacial score (nSPS) is 14.4. The van der Waals surface area contributed by atoms with Crippen LogP contribution < -0.4 is 15.4 Å². The van der Waals surface area contributed by atoms with E-state index in [-0.39, 0.29) is 6.10 Å². The minimum atomic E-state index is 0.0558. The summed E-state index contributed by atoms with van der Waals surface area (Å²) in [5.74, 6) is 2.44. The summed E-state index contributed by atoms with van der Waals surface area (Å²) in [6.45, 7) is 6.51. The van der Waals surface area contributed by atoms with Crippen molar-refractivity contribution in [3.63, 3.8) is 0 Å². The maximum Gasteiger partial charge on any atom is 0.239 e. The number of nitrogens with two attached hydrogens (primary N) is 1. The van der Waals surface area contributed by atoms with Crippen molar-refractivity contribution in [2.45, 2.75) is 33.0 Å². The van der Waals surface area contributed by atoms with Gasteiger partial charge < -0.3 is 19.9 Å². The zero-order valence-corrected chi connectivity index (χ0v) is 11.8. The Morgan fingerprint density at radius 3 is 2.95 bits per heavy atom. The fourth-order valence-electron chi connectivity index (χ4n) is 2.30. The lowest BCUT2D eigenvalue weighted by Gasteiger charge is -2.29. The summed E-state index contributed by atoms with van der Waals surface area (Å²) in [7, 11) is 0. The van der Waals surface area contributed by atoms with Gasteiger partial charge in [-0.25, -0.2) is 4.98 Å². The van der Waals surface area contributed by atoms with Gasteiger partial charge in [0.05, 0.1) is 18.3 Å². The summed E-state index contributed by atoms with van der Waals surface area (Å²) in [4.78, 5) is 11.1. The van der Waals surface area contributed by atoms with Gasteiger partial charge in [0.1, 0.15) is 11.6 Å². The molecule has 0 unspecified atom stereocenters. The topological polar surface area (TPSA) is 69.2 Å². The molecule has 6 heteroatoms. The van der Waals surface area contributed by atoms with Crippen molar-refractivity contribution >= 4 is 11.5 Å². The predicted molar refractivity (Wildman–Crippen MR) is 77.7 cm³/mol. The second kappa shape index (κ2) is 5.03. The third-order valence-corrected chi connectivity index (χ3v) is 3.29. The molecule has 1 aliphatic rings. The van der Waals surface area contributed by atoms with E-state index >= 15 is 0 Å². The average Bonchev–Trinajstić information content (AvgIpc) is 2.88. The molecule has 6 nitrogen and oxygen atoms in total. The molecule has 2 aromatic heterocycles. The van der Waals surface area contributed by atoms with Crippen LogP contribution in [0.25, 0.3) is 0 Å². The van der Waals surface area contributed by atoms with Crippen molar-refractivity contribution in [1.29, 1.82) is 0 Å². The highest BCUT2D eigenvalue weighted by atomic mass is 16.5. The molecule has 2 aromatic rings. The van der Waals surface area contributed by atoms with Crippen molar-refractivity contribution in [1.82, 2.24) is 14.5 Å². The van der Waals surface area contributed by atoms with Gasteiger partial charge in [-0.05, 0) is 26.0 Å². The Morgan fingerprint density at radius 1 is 1.30 bits per heavy atom. The van der Waals surface area contributed by atoms with Crippen LogP contribution in [0, 0.1) is 0 Å². The largest absolute Gasteiger partial charge is 0.473 e. The molecule has 106 valence electrons. The minimum Gasteiger partial charge on any atom is -0.473 e. The van der Waals surface area contributed by atoms with Gasteiger partial charge in [-0.2, -0.15) is 4.98 Å². The van der Waals surface area contributed by atoms with Gasteiger partial charge in [-0.3, -0.25) is 0 Å². The standard InChI is InChI=1S/C14H19N5O/c1-10(2)20-14-11(15)3-4-12(17-14)19-8-7-18-6-5-16-13(18)9-19/h3-6,10H,7-9,15H2,1-2H3. The maximum atomic E-state index is 5.90. The van der Waals surface area contributed by atoms with Gasteiger partial charge in [-0.15, -0.1) is 0 Å². The highest BCUT2D eigenvalue weighted by Crippen LogP contribution is 2.26. The lowest BCUT2D eigenvalue weighted by atomic mass is 10.3. The molecule has 0 amide bonds. The second-order valence-corrected chi connectivity index (χ2v) is 5.19. The van der Waals surface area contributed by atoms with E-state index in [0.29, 0.717) is 11.6 Å². The van der Waals surface area contributed by atoms with Crippen molar-refractivity contribution in [2.75, 3.05) is 17.2 Å². The highest BCUT2D eigenvalue weighted by Gasteiger charge is 2.19. The average molecular weight is 273 g/mol. The Morgan fingerprint density at radius 2 is 2.15 bits per heavy atom. The SMILES string of the molecule is CC(C)Oc1nc(N2CCn3ccnc3C2)ccc1N. The van der Waals surface area contributed by atoms with Gasteiger partial charge in [0.15, 0.2) is 0 Å². The van der Waals surface area contributed by atoms with E-state index in [2.05, 4.69) is 19.4 Å². The Balaban J connectivity index is 1.84. The Kier molecular flexibility index (Phi) is 3.22. The van der Waals surface area contributed by atoms with Gasteiger partial charge in [0, 0.05) is 25.5 Å². The van der Waals surface area contributed by atoms with Crippen molar-refractivity contribution < 1.29 is 4.74 Å². The summed E-state index contributed by atoms with van der Waals surface area (Å²) in [6.07, 6.45) is 3.90. The molecule has 20 heavy (non-hydrogen) atoms. The summed E-state index contributed by atoms with van der Waals surface area (Å²) < 4.78 is 7.81. The minimum absolute atomic E-state index is 0.0558. The van der Waals surface area contributed by atoms with Crippen LogP contribution in [-0.2, 0) is 13.1 Å². The molecule has 3 rings (SSSR count). The number of nitrogen functional groups attached to an aromatic ring is 1. The Hall–Kier alpha value is -2.24. The van der Waals surface area contributed by atoms with Crippen LogP contribution in [-0.4, -0.2) is 27.2 Å². The van der Waals surface area contributed by atoms with Gasteiger partial charge in [-0.1, -0.05) is 0 Å². The van der Waals surface area contributed by atoms with Crippen LogP contribution in [0.1, 0.15) is 19.7 Å². The molecule has 0 atom stereocenters. The van der Waals surface area contributed by atoms with Crippen LogP contribution in [0.5, 0.6) is 5.88 Å². The van der Waals surface area contributed by atoms with E-state index in [1.165, 1.54) is 0 Å². The number of ether oxygens (including phenoxy) is 1. The number of anilines is 2. The lowest BCUT2D eigenvalue weighted by molar-refractivity contribution is 0.234. The highest BCUT2D eigenvalue weighted by molar-refractivity contribution is 5.54. The molecular formula is C14H19N5O. The fraction of sp³-hybridized carbons (Fsp3) is 0.429. The molecule has 0 saturated heterocycles. The monoisotopic (exact) mass is 273 g/mol. The number of hydrogen-bond donors (Lipinski definition) is 1. The molecule has 1 aliphatic heterocycles. The third-order valence-electron chi connectivity index (χ3n) is 3.29. The Labute approximate surface area is 118 Å². The molecule has 0 spiro atoms. The number of imidazole rings is 1. The smallest absolute Gasteiger partial charge is 0.239 e. The number of fused-ring (bicyclic) bond motifs is 1.